The molecule has 3 saturated heterocycles. The lowest BCUT2D eigenvalue weighted by Crippen LogP contribution is -2.45. The Morgan fingerprint density at radius 1 is 1.50 bits per heavy atom. The van der Waals surface area contributed by atoms with Crippen LogP contribution in [0.15, 0.2) is 12.7 Å². The van der Waals surface area contributed by atoms with Gasteiger partial charge in [0.1, 0.15) is 12.2 Å². The smallest absolute Gasteiger partial charge is 0.330 e. The van der Waals surface area contributed by atoms with Gasteiger partial charge in [-0.25, -0.2) is 4.79 Å². The van der Waals surface area contributed by atoms with E-state index in [4.69, 9.17) is 14.2 Å². The summed E-state index contributed by atoms with van der Waals surface area (Å²) in [6, 6.07) is 0. The number of fused-ring (bicyclic) bond motifs is 1. The number of esters is 1. The Kier molecular flexibility index (Phi) is 2.27. The van der Waals surface area contributed by atoms with Gasteiger partial charge in [0.25, 0.3) is 0 Å². The third kappa shape index (κ3) is 1.19. The van der Waals surface area contributed by atoms with Gasteiger partial charge in [-0.05, 0) is 0 Å². The molecule has 6 unspecified atom stereocenters. The lowest BCUT2D eigenvalue weighted by atomic mass is 9.79. The van der Waals surface area contributed by atoms with Crippen LogP contribution in [0.3, 0.4) is 0 Å². The van der Waals surface area contributed by atoms with E-state index in [1.165, 1.54) is 0 Å². The van der Waals surface area contributed by atoms with Crippen molar-refractivity contribution in [3.05, 3.63) is 12.7 Å². The molecule has 5 heteroatoms. The van der Waals surface area contributed by atoms with Crippen molar-refractivity contribution in [2.45, 2.75) is 24.4 Å². The zero-order valence-corrected chi connectivity index (χ0v) is 8.74. The summed E-state index contributed by atoms with van der Waals surface area (Å²) in [6.45, 7) is 3.99. The summed E-state index contributed by atoms with van der Waals surface area (Å²) in [4.78, 5) is 11.2. The molecule has 6 atom stereocenters. The highest BCUT2D eigenvalue weighted by Crippen LogP contribution is 2.50. The molecule has 0 aromatic heterocycles. The van der Waals surface area contributed by atoms with Crippen molar-refractivity contribution in [3.63, 3.8) is 0 Å². The third-order valence-electron chi connectivity index (χ3n) is 3.79. The lowest BCUT2D eigenvalue weighted by molar-refractivity contribution is -0.151. The Labute approximate surface area is 93.0 Å². The molecule has 2 bridgehead atoms. The van der Waals surface area contributed by atoms with E-state index in [0.29, 0.717) is 6.61 Å². The zero-order valence-electron chi connectivity index (χ0n) is 8.74. The summed E-state index contributed by atoms with van der Waals surface area (Å²) in [5, 5.41) is 9.32. The van der Waals surface area contributed by atoms with E-state index in [0.717, 1.165) is 6.08 Å². The highest BCUT2D eigenvalue weighted by atomic mass is 16.6. The van der Waals surface area contributed by atoms with Crippen LogP contribution in [0.25, 0.3) is 0 Å². The molecule has 0 spiro atoms. The number of hydrogen-bond acceptors (Lipinski definition) is 5. The molecular formula is C11H14O5. The van der Waals surface area contributed by atoms with E-state index in [1.54, 1.807) is 0 Å². The first-order chi connectivity index (χ1) is 7.76. The first-order valence-electron chi connectivity index (χ1n) is 5.47. The van der Waals surface area contributed by atoms with Crippen molar-refractivity contribution in [2.75, 3.05) is 13.2 Å². The molecule has 5 nitrogen and oxygen atoms in total. The maximum Gasteiger partial charge on any atom is 0.330 e. The van der Waals surface area contributed by atoms with Crippen molar-refractivity contribution in [3.8, 4) is 0 Å². The fourth-order valence-corrected chi connectivity index (χ4v) is 3.07. The number of aliphatic hydroxyl groups is 1. The van der Waals surface area contributed by atoms with Gasteiger partial charge in [0.05, 0.1) is 12.7 Å². The average Bonchev–Trinajstić information content (AvgIpc) is 2.88. The Balaban J connectivity index is 1.81. The van der Waals surface area contributed by atoms with Gasteiger partial charge in [-0.1, -0.05) is 6.58 Å². The van der Waals surface area contributed by atoms with Gasteiger partial charge in [0.15, 0.2) is 6.10 Å². The molecule has 0 aromatic carbocycles. The quantitative estimate of drug-likeness (QED) is 0.518. The van der Waals surface area contributed by atoms with Crippen molar-refractivity contribution in [2.24, 2.45) is 11.8 Å². The minimum absolute atomic E-state index is 0.0198. The van der Waals surface area contributed by atoms with Crippen LogP contribution in [-0.2, 0) is 19.0 Å². The number of hydrogen-bond donors (Lipinski definition) is 1. The summed E-state index contributed by atoms with van der Waals surface area (Å²) in [5.74, 6) is -0.199. The molecule has 0 aliphatic carbocycles. The monoisotopic (exact) mass is 226 g/mol. The number of rotatable bonds is 3. The highest BCUT2D eigenvalue weighted by Gasteiger charge is 2.65. The average molecular weight is 226 g/mol. The molecule has 3 heterocycles. The van der Waals surface area contributed by atoms with Gasteiger partial charge in [-0.2, -0.15) is 0 Å². The van der Waals surface area contributed by atoms with Gasteiger partial charge in [-0.3, -0.25) is 0 Å². The molecule has 3 fully saturated rings. The summed E-state index contributed by atoms with van der Waals surface area (Å²) in [6.07, 6.45) is 0.320. The molecule has 1 N–H and O–H groups in total. The van der Waals surface area contributed by atoms with Crippen molar-refractivity contribution in [1.29, 1.82) is 0 Å². The molecule has 3 rings (SSSR count). The Hall–Kier alpha value is -0.910. The maximum absolute atomic E-state index is 11.2. The molecule has 16 heavy (non-hydrogen) atoms. The van der Waals surface area contributed by atoms with Gasteiger partial charge >= 0.3 is 5.97 Å². The minimum atomic E-state index is -0.468. The molecule has 0 aromatic rings. The molecule has 3 aliphatic rings. The summed E-state index contributed by atoms with van der Waals surface area (Å²) >= 11 is 0. The Morgan fingerprint density at radius 2 is 2.31 bits per heavy atom. The van der Waals surface area contributed by atoms with E-state index in [-0.39, 0.29) is 36.8 Å². The highest BCUT2D eigenvalue weighted by molar-refractivity contribution is 5.81. The Bertz CT molecular complexity index is 328. The molecular weight excluding hydrogens is 212 g/mol. The van der Waals surface area contributed by atoms with Crippen LogP contribution in [0.1, 0.15) is 0 Å². The fraction of sp³-hybridized carbons (Fsp3) is 0.727. The fourth-order valence-electron chi connectivity index (χ4n) is 3.07. The zero-order chi connectivity index (χ0) is 11.3. The largest absolute Gasteiger partial charge is 0.454 e. The third-order valence-corrected chi connectivity index (χ3v) is 3.79. The molecule has 0 radical (unpaired) electrons. The predicted octanol–water partition coefficient (Wildman–Crippen LogP) is -0.511. The van der Waals surface area contributed by atoms with Crippen LogP contribution in [0.4, 0.5) is 0 Å². The first-order valence-corrected chi connectivity index (χ1v) is 5.47. The van der Waals surface area contributed by atoms with Crippen molar-refractivity contribution < 1.29 is 24.1 Å². The van der Waals surface area contributed by atoms with Crippen molar-refractivity contribution >= 4 is 5.97 Å². The topological polar surface area (TPSA) is 65.0 Å². The minimum Gasteiger partial charge on any atom is -0.454 e. The van der Waals surface area contributed by atoms with Gasteiger partial charge < -0.3 is 19.3 Å². The normalized spacial score (nSPS) is 48.3. The van der Waals surface area contributed by atoms with E-state index < -0.39 is 12.1 Å². The first kappa shape index (κ1) is 10.3. The molecule has 88 valence electrons. The van der Waals surface area contributed by atoms with E-state index in [2.05, 4.69) is 6.58 Å². The van der Waals surface area contributed by atoms with Gasteiger partial charge in [0.2, 0.25) is 0 Å². The maximum atomic E-state index is 11.2. The second kappa shape index (κ2) is 3.55. The van der Waals surface area contributed by atoms with Gasteiger partial charge in [0, 0.05) is 24.5 Å². The van der Waals surface area contributed by atoms with E-state index in [1.807, 2.05) is 0 Å². The molecule has 0 saturated carbocycles. The Morgan fingerprint density at radius 3 is 3.00 bits per heavy atom. The SMILES string of the molecule is C=CC(=O)OC1C2OC3C(COC31)C2CO. The van der Waals surface area contributed by atoms with E-state index in [9.17, 15) is 9.90 Å². The summed E-state index contributed by atoms with van der Waals surface area (Å²) in [7, 11) is 0. The molecule has 0 amide bonds. The number of carbonyl (C=O) groups is 1. The van der Waals surface area contributed by atoms with Crippen LogP contribution in [0.2, 0.25) is 0 Å². The number of aliphatic hydroxyl groups excluding tert-OH is 1. The van der Waals surface area contributed by atoms with Crippen LogP contribution in [-0.4, -0.2) is 48.7 Å². The van der Waals surface area contributed by atoms with E-state index >= 15 is 0 Å². The van der Waals surface area contributed by atoms with Crippen molar-refractivity contribution in [1.82, 2.24) is 0 Å². The van der Waals surface area contributed by atoms with Crippen LogP contribution < -0.4 is 0 Å². The summed E-state index contributed by atoms with van der Waals surface area (Å²) in [5.41, 5.74) is 0. The second-order valence-corrected chi connectivity index (χ2v) is 4.48. The van der Waals surface area contributed by atoms with Gasteiger partial charge in [-0.15, -0.1) is 0 Å². The predicted molar refractivity (Wildman–Crippen MR) is 52.5 cm³/mol. The molecule has 3 aliphatic heterocycles. The standard InChI is InChI=1S/C11H14O5/c1-2-7(13)15-11-8-5(3-12)6-4-14-10(11)9(6)16-8/h2,5-6,8-12H,1,3-4H2. The number of carbonyl (C=O) groups excluding carboxylic acids is 1. The summed E-state index contributed by atoms with van der Waals surface area (Å²) < 4.78 is 16.5. The second-order valence-electron chi connectivity index (χ2n) is 4.48. The lowest BCUT2D eigenvalue weighted by Gasteiger charge is -2.28. The van der Waals surface area contributed by atoms with Crippen LogP contribution >= 0.6 is 0 Å². The van der Waals surface area contributed by atoms with Crippen LogP contribution in [0.5, 0.6) is 0 Å². The van der Waals surface area contributed by atoms with Crippen LogP contribution in [0, 0.1) is 11.8 Å². The number of ether oxygens (including phenoxy) is 3.